The van der Waals surface area contributed by atoms with Gasteiger partial charge < -0.3 is 14.2 Å². The summed E-state index contributed by atoms with van der Waals surface area (Å²) in [7, 11) is -9.33. The van der Waals surface area contributed by atoms with E-state index in [1.807, 2.05) is 0 Å². The van der Waals surface area contributed by atoms with Crippen molar-refractivity contribution in [1.82, 2.24) is 3.12 Å². The van der Waals surface area contributed by atoms with E-state index in [1.54, 1.807) is 97.1 Å². The molecule has 5 aromatic rings. The van der Waals surface area contributed by atoms with Crippen LogP contribution in [0.5, 0.6) is 23.0 Å². The third-order valence-electron chi connectivity index (χ3n) is 6.26. The minimum absolute atomic E-state index is 0.0375. The molecule has 5 aromatic carbocycles. The van der Waals surface area contributed by atoms with E-state index in [2.05, 4.69) is 0 Å². The zero-order chi connectivity index (χ0) is 29.2. The Morgan fingerprint density at radius 3 is 2.00 bits per heavy atom. The summed E-state index contributed by atoms with van der Waals surface area (Å²) in [5, 5.41) is 0. The molecule has 0 unspecified atom stereocenters. The van der Waals surface area contributed by atoms with Gasteiger partial charge in [-0.2, -0.15) is 0 Å². The first-order valence-corrected chi connectivity index (χ1v) is 16.3. The lowest BCUT2D eigenvalue weighted by Crippen LogP contribution is -2.31. The Labute approximate surface area is 248 Å². The van der Waals surface area contributed by atoms with Crippen LogP contribution >= 0.6 is 11.9 Å². The van der Waals surface area contributed by atoms with Gasteiger partial charge in [-0.1, -0.05) is 72.8 Å². The normalized spacial score (nSPS) is 12.8. The summed E-state index contributed by atoms with van der Waals surface area (Å²) < 4.78 is 74.7. The number of sulfonamides is 2. The minimum atomic E-state index is -4.77. The smallest absolute Gasteiger partial charge is 0.270 e. The maximum absolute atomic E-state index is 14.5. The molecule has 1 heterocycles. The zero-order valence-electron chi connectivity index (χ0n) is 21.9. The number of rotatable bonds is 9. The van der Waals surface area contributed by atoms with Crippen molar-refractivity contribution in [3.05, 3.63) is 127 Å². The van der Waals surface area contributed by atoms with Gasteiger partial charge in [0.2, 0.25) is 6.79 Å². The Bertz CT molecular complexity index is 1940. The lowest BCUT2D eigenvalue weighted by atomic mass is 10.0. The first-order valence-electron chi connectivity index (χ1n) is 12.7. The number of para-hydroxylation sites is 2. The second-order valence-corrected chi connectivity index (χ2v) is 14.3. The fraction of sp³-hybridized carbons (Fsp3) is 0.0323. The number of hydrogen-bond donors (Lipinski definition) is 0. The molecule has 11 heteroatoms. The quantitative estimate of drug-likeness (QED) is 0.164. The Morgan fingerprint density at radius 1 is 0.643 bits per heavy atom. The molecule has 0 aromatic heterocycles. The molecule has 0 amide bonds. The van der Waals surface area contributed by atoms with Gasteiger partial charge in [-0.3, -0.25) is 0 Å². The van der Waals surface area contributed by atoms with Crippen molar-refractivity contribution in [2.24, 2.45) is 0 Å². The molecular weight excluding hydrogens is 595 g/mol. The van der Waals surface area contributed by atoms with Gasteiger partial charge in [0.25, 0.3) is 20.0 Å². The molecule has 1 aliphatic heterocycles. The third kappa shape index (κ3) is 5.47. The fourth-order valence-electron chi connectivity index (χ4n) is 4.28. The highest BCUT2D eigenvalue weighted by Gasteiger charge is 2.40. The van der Waals surface area contributed by atoms with Crippen molar-refractivity contribution in [1.29, 1.82) is 0 Å². The largest absolute Gasteiger partial charge is 0.455 e. The molecule has 42 heavy (non-hydrogen) atoms. The average molecular weight is 618 g/mol. The van der Waals surface area contributed by atoms with Gasteiger partial charge in [0, 0.05) is 10.5 Å². The van der Waals surface area contributed by atoms with Crippen molar-refractivity contribution in [2.45, 2.75) is 14.7 Å². The van der Waals surface area contributed by atoms with E-state index in [1.165, 1.54) is 30.3 Å². The summed E-state index contributed by atoms with van der Waals surface area (Å²) >= 11 is 0.591. The Morgan fingerprint density at radius 2 is 1.29 bits per heavy atom. The van der Waals surface area contributed by atoms with Gasteiger partial charge in [0.05, 0.1) is 4.90 Å². The van der Waals surface area contributed by atoms with Gasteiger partial charge in [0.1, 0.15) is 10.6 Å². The first-order chi connectivity index (χ1) is 20.3. The molecule has 0 bridgehead atoms. The summed E-state index contributed by atoms with van der Waals surface area (Å²) in [6, 6.07) is 34.4. The van der Waals surface area contributed by atoms with Crippen LogP contribution in [0.1, 0.15) is 0 Å². The predicted molar refractivity (Wildman–Crippen MR) is 159 cm³/mol. The SMILES string of the molecule is O=S(=O)(c1ccccc1)N(Sc1ccccc1)S(=O)(=O)c1cccc(-c2ccc3c(c2)OCO3)c1Oc1ccccc1. The van der Waals surface area contributed by atoms with Crippen LogP contribution in [-0.4, -0.2) is 26.7 Å². The van der Waals surface area contributed by atoms with Gasteiger partial charge in [-0.15, -0.1) is 0 Å². The van der Waals surface area contributed by atoms with E-state index >= 15 is 0 Å². The number of hydrogen-bond acceptors (Lipinski definition) is 8. The number of nitrogens with zero attached hydrogens (tertiary/aromatic N) is 1. The Balaban J connectivity index is 1.55. The molecule has 0 saturated carbocycles. The molecule has 212 valence electrons. The highest BCUT2D eigenvalue weighted by molar-refractivity contribution is 8.20. The summed E-state index contributed by atoms with van der Waals surface area (Å²) in [5.74, 6) is 1.39. The number of fused-ring (bicyclic) bond motifs is 1. The highest BCUT2D eigenvalue weighted by Crippen LogP contribution is 2.45. The zero-order valence-corrected chi connectivity index (χ0v) is 24.3. The molecule has 1 aliphatic rings. The molecule has 0 radical (unpaired) electrons. The van der Waals surface area contributed by atoms with Gasteiger partial charge in [-0.25, -0.2) is 16.8 Å². The summed E-state index contributed by atoms with van der Waals surface area (Å²) in [4.78, 5) is -0.0862. The van der Waals surface area contributed by atoms with Crippen LogP contribution in [0, 0.1) is 0 Å². The molecule has 8 nitrogen and oxygen atoms in total. The Hall–Kier alpha value is -4.29. The molecular formula is C31H23NO7S3. The van der Waals surface area contributed by atoms with E-state index in [9.17, 15) is 16.8 Å². The number of ether oxygens (including phenoxy) is 3. The van der Waals surface area contributed by atoms with Gasteiger partial charge in [0.15, 0.2) is 17.2 Å². The van der Waals surface area contributed by atoms with Crippen LogP contribution in [0.4, 0.5) is 0 Å². The summed E-state index contributed by atoms with van der Waals surface area (Å²) in [6.45, 7) is 0.0730. The van der Waals surface area contributed by atoms with Crippen LogP contribution in [0.2, 0.25) is 0 Å². The van der Waals surface area contributed by atoms with Gasteiger partial charge >= 0.3 is 0 Å². The Kier molecular flexibility index (Phi) is 7.65. The average Bonchev–Trinajstić information content (AvgIpc) is 3.49. The summed E-state index contributed by atoms with van der Waals surface area (Å²) in [5.41, 5.74) is 1.01. The maximum atomic E-state index is 14.5. The van der Waals surface area contributed by atoms with Crippen LogP contribution in [-0.2, 0) is 20.0 Å². The van der Waals surface area contributed by atoms with Crippen molar-refractivity contribution in [2.75, 3.05) is 6.79 Å². The molecule has 0 N–H and O–H groups in total. The second kappa shape index (κ2) is 11.5. The first kappa shape index (κ1) is 27.9. The molecule has 0 fully saturated rings. The second-order valence-electron chi connectivity index (χ2n) is 9.01. The fourth-order valence-corrected chi connectivity index (χ4v) is 9.53. The van der Waals surface area contributed by atoms with E-state index < -0.39 is 20.0 Å². The topological polar surface area (TPSA) is 99.2 Å². The van der Waals surface area contributed by atoms with Crippen molar-refractivity contribution < 1.29 is 31.0 Å². The molecule has 6 rings (SSSR count). The minimum Gasteiger partial charge on any atom is -0.455 e. The molecule has 0 aliphatic carbocycles. The predicted octanol–water partition coefficient (Wildman–Crippen LogP) is 6.96. The van der Waals surface area contributed by atoms with Crippen molar-refractivity contribution in [3.63, 3.8) is 0 Å². The standard InChI is InChI=1S/C31H23NO7S3/c33-41(34,26-15-8-3-9-16-26)32(40-25-13-6-2-7-14-25)42(35,36)30-18-10-17-27(31(30)39-24-11-4-1-5-12-24)23-19-20-28-29(21-23)38-22-37-28/h1-21H,22H2. The molecule has 0 saturated heterocycles. The van der Waals surface area contributed by atoms with Crippen LogP contribution in [0.25, 0.3) is 11.1 Å². The van der Waals surface area contributed by atoms with Crippen molar-refractivity contribution >= 4 is 32.0 Å². The third-order valence-corrected chi connectivity index (χ3v) is 12.2. The monoisotopic (exact) mass is 617 g/mol. The van der Waals surface area contributed by atoms with Crippen molar-refractivity contribution in [3.8, 4) is 34.1 Å². The lowest BCUT2D eigenvalue weighted by molar-refractivity contribution is 0.174. The summed E-state index contributed by atoms with van der Waals surface area (Å²) in [6.07, 6.45) is 0. The van der Waals surface area contributed by atoms with E-state index in [-0.39, 0.29) is 22.3 Å². The van der Waals surface area contributed by atoms with Crippen LogP contribution < -0.4 is 14.2 Å². The molecule has 0 atom stereocenters. The molecule has 0 spiro atoms. The van der Waals surface area contributed by atoms with E-state index in [0.29, 0.717) is 48.3 Å². The van der Waals surface area contributed by atoms with E-state index in [0.717, 1.165) is 0 Å². The van der Waals surface area contributed by atoms with Crippen LogP contribution in [0.15, 0.2) is 142 Å². The maximum Gasteiger partial charge on any atom is 0.270 e. The van der Waals surface area contributed by atoms with Gasteiger partial charge in [-0.05, 0) is 75.2 Å². The number of benzene rings is 5. The van der Waals surface area contributed by atoms with E-state index in [4.69, 9.17) is 14.2 Å². The lowest BCUT2D eigenvalue weighted by Gasteiger charge is -2.23. The highest BCUT2D eigenvalue weighted by atomic mass is 32.3. The van der Waals surface area contributed by atoms with Crippen LogP contribution in [0.3, 0.4) is 0 Å².